The molecule has 22 heavy (non-hydrogen) atoms. The zero-order valence-corrected chi connectivity index (χ0v) is 13.4. The van der Waals surface area contributed by atoms with Crippen LogP contribution in [0.3, 0.4) is 0 Å². The number of rotatable bonds is 5. The standard InChI is InChI=1S/C19H23NO2/c1-4-22-19(21)20(17-13-9-6-10-14-17)18(15(2)3)16-11-7-5-8-12-16/h5-15,18H,4H2,1-3H3. The number of carbonyl (C=O) groups is 1. The molecule has 0 heterocycles. The first-order valence-electron chi connectivity index (χ1n) is 7.71. The molecular formula is C19H23NO2. The van der Waals surface area contributed by atoms with Crippen LogP contribution in [0.2, 0.25) is 0 Å². The van der Waals surface area contributed by atoms with E-state index in [1.165, 1.54) is 0 Å². The van der Waals surface area contributed by atoms with Crippen molar-refractivity contribution in [2.24, 2.45) is 5.92 Å². The Morgan fingerprint density at radius 3 is 2.05 bits per heavy atom. The van der Waals surface area contributed by atoms with E-state index in [-0.39, 0.29) is 18.1 Å². The van der Waals surface area contributed by atoms with Crippen LogP contribution in [0.5, 0.6) is 0 Å². The molecule has 1 atom stereocenters. The number of para-hydroxylation sites is 1. The van der Waals surface area contributed by atoms with E-state index >= 15 is 0 Å². The van der Waals surface area contributed by atoms with Gasteiger partial charge in [-0.15, -0.1) is 0 Å². The number of nitrogens with zero attached hydrogens (tertiary/aromatic N) is 1. The number of benzene rings is 2. The molecule has 0 N–H and O–H groups in total. The highest BCUT2D eigenvalue weighted by atomic mass is 16.6. The maximum atomic E-state index is 12.6. The number of hydrogen-bond donors (Lipinski definition) is 0. The fourth-order valence-electron chi connectivity index (χ4n) is 2.64. The van der Waals surface area contributed by atoms with Crippen molar-refractivity contribution >= 4 is 11.8 Å². The van der Waals surface area contributed by atoms with E-state index in [1.54, 1.807) is 4.90 Å². The summed E-state index contributed by atoms with van der Waals surface area (Å²) in [5, 5.41) is 0. The van der Waals surface area contributed by atoms with E-state index in [4.69, 9.17) is 4.74 Å². The van der Waals surface area contributed by atoms with Gasteiger partial charge >= 0.3 is 6.09 Å². The SMILES string of the molecule is CCOC(=O)N(c1ccccc1)C(c1ccccc1)C(C)C. The Labute approximate surface area is 132 Å². The smallest absolute Gasteiger partial charge is 0.414 e. The summed E-state index contributed by atoms with van der Waals surface area (Å²) in [5.74, 6) is 0.256. The number of carbonyl (C=O) groups excluding carboxylic acids is 1. The molecule has 2 aromatic carbocycles. The molecule has 2 aromatic rings. The zero-order valence-electron chi connectivity index (χ0n) is 13.4. The lowest BCUT2D eigenvalue weighted by Gasteiger charge is -2.34. The maximum absolute atomic E-state index is 12.6. The van der Waals surface area contributed by atoms with Gasteiger partial charge in [0.1, 0.15) is 0 Å². The van der Waals surface area contributed by atoms with Crippen molar-refractivity contribution in [2.45, 2.75) is 26.8 Å². The Kier molecular flexibility index (Phi) is 5.59. The van der Waals surface area contributed by atoms with Crippen molar-refractivity contribution in [2.75, 3.05) is 11.5 Å². The van der Waals surface area contributed by atoms with Crippen LogP contribution in [0.4, 0.5) is 10.5 Å². The highest BCUT2D eigenvalue weighted by Gasteiger charge is 2.30. The average molecular weight is 297 g/mol. The minimum atomic E-state index is -0.309. The molecule has 0 saturated carbocycles. The molecule has 1 unspecified atom stereocenters. The molecule has 0 saturated heterocycles. The lowest BCUT2D eigenvalue weighted by atomic mass is 9.94. The molecule has 1 amide bonds. The summed E-state index contributed by atoms with van der Waals surface area (Å²) in [4.78, 5) is 14.3. The number of anilines is 1. The molecule has 0 spiro atoms. The van der Waals surface area contributed by atoms with Gasteiger partial charge in [0.25, 0.3) is 0 Å². The van der Waals surface area contributed by atoms with Crippen LogP contribution in [0.1, 0.15) is 32.4 Å². The largest absolute Gasteiger partial charge is 0.449 e. The number of hydrogen-bond acceptors (Lipinski definition) is 2. The van der Waals surface area contributed by atoms with Gasteiger partial charge in [0.2, 0.25) is 0 Å². The molecule has 116 valence electrons. The highest BCUT2D eigenvalue weighted by Crippen LogP contribution is 2.33. The van der Waals surface area contributed by atoms with Gasteiger partial charge in [-0.1, -0.05) is 62.4 Å². The molecule has 0 bridgehead atoms. The van der Waals surface area contributed by atoms with Crippen molar-refractivity contribution in [1.82, 2.24) is 0 Å². The molecule has 3 heteroatoms. The van der Waals surface area contributed by atoms with Crippen LogP contribution in [-0.4, -0.2) is 12.7 Å². The third-order valence-corrected chi connectivity index (χ3v) is 3.55. The van der Waals surface area contributed by atoms with Crippen LogP contribution < -0.4 is 4.90 Å². The highest BCUT2D eigenvalue weighted by molar-refractivity contribution is 5.88. The first kappa shape index (κ1) is 16.1. The van der Waals surface area contributed by atoms with Gasteiger partial charge in [-0.25, -0.2) is 4.79 Å². The van der Waals surface area contributed by atoms with Gasteiger partial charge in [-0.2, -0.15) is 0 Å². The third kappa shape index (κ3) is 3.67. The van der Waals surface area contributed by atoms with Crippen LogP contribution in [0.15, 0.2) is 60.7 Å². The van der Waals surface area contributed by atoms with Crippen LogP contribution in [0.25, 0.3) is 0 Å². The van der Waals surface area contributed by atoms with Crippen molar-refractivity contribution in [3.8, 4) is 0 Å². The van der Waals surface area contributed by atoms with Gasteiger partial charge in [0.05, 0.1) is 12.6 Å². The minimum absolute atomic E-state index is 0.0670. The Balaban J connectivity index is 2.47. The summed E-state index contributed by atoms with van der Waals surface area (Å²) in [6.45, 7) is 6.43. The quantitative estimate of drug-likeness (QED) is 0.773. The topological polar surface area (TPSA) is 29.5 Å². The van der Waals surface area contributed by atoms with E-state index in [2.05, 4.69) is 26.0 Å². The summed E-state index contributed by atoms with van der Waals surface area (Å²) in [6.07, 6.45) is -0.309. The number of amides is 1. The molecule has 0 aliphatic rings. The normalized spacial score (nSPS) is 12.0. The summed E-state index contributed by atoms with van der Waals surface area (Å²) in [6, 6.07) is 19.7. The lowest BCUT2D eigenvalue weighted by molar-refractivity contribution is 0.155. The van der Waals surface area contributed by atoms with Crippen LogP contribution in [0, 0.1) is 5.92 Å². The van der Waals surface area contributed by atoms with E-state index in [1.807, 2.05) is 55.5 Å². The monoisotopic (exact) mass is 297 g/mol. The van der Waals surface area contributed by atoms with Crippen LogP contribution >= 0.6 is 0 Å². The Morgan fingerprint density at radius 1 is 1.00 bits per heavy atom. The molecule has 0 aliphatic heterocycles. The first-order valence-corrected chi connectivity index (χ1v) is 7.71. The fourth-order valence-corrected chi connectivity index (χ4v) is 2.64. The third-order valence-electron chi connectivity index (χ3n) is 3.55. The van der Waals surface area contributed by atoms with E-state index in [0.717, 1.165) is 11.3 Å². The second kappa shape index (κ2) is 7.64. The Morgan fingerprint density at radius 2 is 1.55 bits per heavy atom. The van der Waals surface area contributed by atoms with Crippen molar-refractivity contribution < 1.29 is 9.53 Å². The molecular weight excluding hydrogens is 274 g/mol. The molecule has 0 aromatic heterocycles. The van der Waals surface area contributed by atoms with Crippen molar-refractivity contribution in [3.63, 3.8) is 0 Å². The lowest BCUT2D eigenvalue weighted by Crippen LogP contribution is -2.38. The van der Waals surface area contributed by atoms with Gasteiger partial charge in [-0.3, -0.25) is 4.90 Å². The molecule has 0 fully saturated rings. The summed E-state index contributed by atoms with van der Waals surface area (Å²) >= 11 is 0. The van der Waals surface area contributed by atoms with Crippen molar-refractivity contribution in [3.05, 3.63) is 66.2 Å². The van der Waals surface area contributed by atoms with Gasteiger partial charge in [-0.05, 0) is 30.5 Å². The summed E-state index contributed by atoms with van der Waals surface area (Å²) in [5.41, 5.74) is 1.96. The number of ether oxygens (including phenoxy) is 1. The van der Waals surface area contributed by atoms with Gasteiger partial charge in [0, 0.05) is 5.69 Å². The summed E-state index contributed by atoms with van der Waals surface area (Å²) in [7, 11) is 0. The maximum Gasteiger partial charge on any atom is 0.414 e. The second-order valence-electron chi connectivity index (χ2n) is 5.50. The predicted octanol–water partition coefficient (Wildman–Crippen LogP) is 5.05. The van der Waals surface area contributed by atoms with E-state index in [9.17, 15) is 4.79 Å². The fraction of sp³-hybridized carbons (Fsp3) is 0.316. The predicted molar refractivity (Wildman–Crippen MR) is 90.0 cm³/mol. The average Bonchev–Trinajstić information content (AvgIpc) is 2.54. The molecule has 0 radical (unpaired) electrons. The van der Waals surface area contributed by atoms with Crippen molar-refractivity contribution in [1.29, 1.82) is 0 Å². The van der Waals surface area contributed by atoms with E-state index in [0.29, 0.717) is 6.61 Å². The minimum Gasteiger partial charge on any atom is -0.449 e. The summed E-state index contributed by atoms with van der Waals surface area (Å²) < 4.78 is 5.30. The van der Waals surface area contributed by atoms with Gasteiger partial charge in [0.15, 0.2) is 0 Å². The zero-order chi connectivity index (χ0) is 15.9. The molecule has 3 nitrogen and oxygen atoms in total. The molecule has 2 rings (SSSR count). The Bertz CT molecular complexity index is 581. The van der Waals surface area contributed by atoms with E-state index < -0.39 is 0 Å². The Hall–Kier alpha value is -2.29. The first-order chi connectivity index (χ1) is 10.6. The van der Waals surface area contributed by atoms with Gasteiger partial charge < -0.3 is 4.74 Å². The molecule has 0 aliphatic carbocycles. The second-order valence-corrected chi connectivity index (χ2v) is 5.50. The van der Waals surface area contributed by atoms with Crippen LogP contribution in [-0.2, 0) is 4.74 Å².